The Morgan fingerprint density at radius 3 is 2.47 bits per heavy atom. The number of rotatable bonds is 4. The maximum Gasteiger partial charge on any atom is 0.126 e. The van der Waals surface area contributed by atoms with Crippen molar-refractivity contribution in [3.05, 3.63) is 42.0 Å². The van der Waals surface area contributed by atoms with Gasteiger partial charge in [-0.25, -0.2) is 0 Å². The number of benzene rings is 2. The molecule has 3 rings (SSSR count). The summed E-state index contributed by atoms with van der Waals surface area (Å²) in [5.74, 6) is 1.21. The van der Waals surface area contributed by atoms with Gasteiger partial charge in [0.15, 0.2) is 0 Å². The van der Waals surface area contributed by atoms with E-state index in [4.69, 9.17) is 10.5 Å². The molecule has 1 aliphatic rings. The van der Waals surface area contributed by atoms with Gasteiger partial charge in [0.05, 0.1) is 19.3 Å². The van der Waals surface area contributed by atoms with Crippen molar-refractivity contribution < 1.29 is 9.84 Å². The highest BCUT2D eigenvalue weighted by atomic mass is 16.5. The first-order chi connectivity index (χ1) is 9.22. The molecule has 0 spiro atoms. The summed E-state index contributed by atoms with van der Waals surface area (Å²) in [5, 5.41) is 12.3. The average molecular weight is 257 g/mol. The average Bonchev–Trinajstić information content (AvgIpc) is 3.29. The maximum atomic E-state index is 10.2. The van der Waals surface area contributed by atoms with Crippen LogP contribution in [0.5, 0.6) is 5.75 Å². The van der Waals surface area contributed by atoms with Crippen LogP contribution in [-0.4, -0.2) is 18.3 Å². The Bertz CT molecular complexity index is 592. The van der Waals surface area contributed by atoms with E-state index in [1.54, 1.807) is 7.11 Å². The molecule has 0 unspecified atom stereocenters. The van der Waals surface area contributed by atoms with Gasteiger partial charge in [-0.3, -0.25) is 0 Å². The lowest BCUT2D eigenvalue weighted by atomic mass is 9.93. The van der Waals surface area contributed by atoms with Crippen LogP contribution in [0.15, 0.2) is 36.4 Å². The van der Waals surface area contributed by atoms with E-state index in [1.807, 2.05) is 36.4 Å². The maximum absolute atomic E-state index is 10.2. The Balaban J connectivity index is 2.08. The molecule has 3 heteroatoms. The quantitative estimate of drug-likeness (QED) is 0.885. The molecule has 2 atom stereocenters. The van der Waals surface area contributed by atoms with Gasteiger partial charge in [0.25, 0.3) is 0 Å². The molecule has 1 fully saturated rings. The third kappa shape index (κ3) is 2.20. The number of fused-ring (bicyclic) bond motifs is 1. The van der Waals surface area contributed by atoms with Gasteiger partial charge in [-0.05, 0) is 35.8 Å². The zero-order chi connectivity index (χ0) is 13.4. The molecule has 0 bridgehead atoms. The first kappa shape index (κ1) is 12.5. The Labute approximate surface area is 113 Å². The summed E-state index contributed by atoms with van der Waals surface area (Å²) in [4.78, 5) is 0. The minimum absolute atomic E-state index is 0.330. The SMILES string of the molecule is COc1ccc([C@@H](N)[C@@H](O)C2CC2)c2ccccc12. The molecule has 2 aromatic carbocycles. The van der Waals surface area contributed by atoms with Crippen molar-refractivity contribution in [2.24, 2.45) is 11.7 Å². The van der Waals surface area contributed by atoms with Gasteiger partial charge in [-0.1, -0.05) is 30.3 Å². The van der Waals surface area contributed by atoms with Gasteiger partial charge in [-0.15, -0.1) is 0 Å². The number of hydrogen-bond donors (Lipinski definition) is 2. The van der Waals surface area contributed by atoms with Crippen molar-refractivity contribution in [1.29, 1.82) is 0 Å². The summed E-state index contributed by atoms with van der Waals surface area (Å²) in [6, 6.07) is 11.6. The molecule has 0 aliphatic heterocycles. The number of hydrogen-bond acceptors (Lipinski definition) is 3. The summed E-state index contributed by atoms with van der Waals surface area (Å²) in [6.07, 6.45) is 1.73. The summed E-state index contributed by atoms with van der Waals surface area (Å²) < 4.78 is 5.38. The van der Waals surface area contributed by atoms with E-state index >= 15 is 0 Å². The van der Waals surface area contributed by atoms with Crippen molar-refractivity contribution in [2.45, 2.75) is 25.0 Å². The smallest absolute Gasteiger partial charge is 0.126 e. The lowest BCUT2D eigenvalue weighted by Gasteiger charge is -2.21. The lowest BCUT2D eigenvalue weighted by molar-refractivity contribution is 0.123. The second-order valence-electron chi connectivity index (χ2n) is 5.26. The van der Waals surface area contributed by atoms with Gasteiger partial charge in [0, 0.05) is 5.39 Å². The molecule has 3 nitrogen and oxygen atoms in total. The largest absolute Gasteiger partial charge is 0.496 e. The van der Waals surface area contributed by atoms with Crippen LogP contribution in [0.1, 0.15) is 24.4 Å². The molecule has 1 aliphatic carbocycles. The summed E-state index contributed by atoms with van der Waals surface area (Å²) >= 11 is 0. The van der Waals surface area contributed by atoms with Gasteiger partial charge in [0.1, 0.15) is 5.75 Å². The highest BCUT2D eigenvalue weighted by Gasteiger charge is 2.34. The summed E-state index contributed by atoms with van der Waals surface area (Å²) in [7, 11) is 1.67. The molecule has 0 heterocycles. The highest BCUT2D eigenvalue weighted by molar-refractivity contribution is 5.91. The number of ether oxygens (including phenoxy) is 1. The second-order valence-corrected chi connectivity index (χ2v) is 5.26. The molecule has 1 saturated carbocycles. The number of aliphatic hydroxyl groups excluding tert-OH is 1. The molecule has 0 saturated heterocycles. The minimum Gasteiger partial charge on any atom is -0.496 e. The van der Waals surface area contributed by atoms with Crippen LogP contribution in [0.3, 0.4) is 0 Å². The van der Waals surface area contributed by atoms with Gasteiger partial charge < -0.3 is 15.6 Å². The van der Waals surface area contributed by atoms with E-state index in [1.165, 1.54) is 0 Å². The molecule has 19 heavy (non-hydrogen) atoms. The molecule has 0 aromatic heterocycles. The fourth-order valence-corrected chi connectivity index (χ4v) is 2.68. The van der Waals surface area contributed by atoms with Crippen LogP contribution in [0.2, 0.25) is 0 Å². The van der Waals surface area contributed by atoms with Crippen LogP contribution in [-0.2, 0) is 0 Å². The fraction of sp³-hybridized carbons (Fsp3) is 0.375. The predicted molar refractivity (Wildman–Crippen MR) is 76.2 cm³/mol. The lowest BCUT2D eigenvalue weighted by Crippen LogP contribution is -2.28. The molecular formula is C16H19NO2. The van der Waals surface area contributed by atoms with E-state index in [2.05, 4.69) is 0 Å². The summed E-state index contributed by atoms with van der Waals surface area (Å²) in [6.45, 7) is 0. The van der Waals surface area contributed by atoms with Gasteiger partial charge >= 0.3 is 0 Å². The number of methoxy groups -OCH3 is 1. The fourth-order valence-electron chi connectivity index (χ4n) is 2.68. The van der Waals surface area contributed by atoms with E-state index in [0.717, 1.165) is 34.9 Å². The van der Waals surface area contributed by atoms with Gasteiger partial charge in [0.2, 0.25) is 0 Å². The first-order valence-electron chi connectivity index (χ1n) is 6.71. The molecular weight excluding hydrogens is 238 g/mol. The number of nitrogens with two attached hydrogens (primary N) is 1. The normalized spacial score (nSPS) is 18.3. The molecule has 0 radical (unpaired) electrons. The second kappa shape index (κ2) is 4.83. The van der Waals surface area contributed by atoms with E-state index in [-0.39, 0.29) is 6.04 Å². The minimum atomic E-state index is -0.447. The van der Waals surface area contributed by atoms with E-state index in [9.17, 15) is 5.11 Å². The predicted octanol–water partition coefficient (Wildman–Crippen LogP) is 2.62. The van der Waals surface area contributed by atoms with Crippen molar-refractivity contribution in [2.75, 3.05) is 7.11 Å². The Hall–Kier alpha value is -1.58. The van der Waals surface area contributed by atoms with E-state index in [0.29, 0.717) is 5.92 Å². The summed E-state index contributed by atoms with van der Waals surface area (Å²) in [5.41, 5.74) is 7.24. The van der Waals surface area contributed by atoms with Crippen LogP contribution in [0.4, 0.5) is 0 Å². The van der Waals surface area contributed by atoms with Crippen LogP contribution in [0.25, 0.3) is 10.8 Å². The van der Waals surface area contributed by atoms with Crippen molar-refractivity contribution in [1.82, 2.24) is 0 Å². The van der Waals surface area contributed by atoms with Crippen LogP contribution < -0.4 is 10.5 Å². The van der Waals surface area contributed by atoms with Crippen molar-refractivity contribution in [3.8, 4) is 5.75 Å². The Kier molecular flexibility index (Phi) is 3.17. The standard InChI is InChI=1S/C16H19NO2/c1-19-14-9-8-13(11-4-2-3-5-12(11)14)15(17)16(18)10-6-7-10/h2-5,8-10,15-16,18H,6-7,17H2,1H3/t15-,16+/m1/s1. The zero-order valence-electron chi connectivity index (χ0n) is 11.0. The molecule has 100 valence electrons. The van der Waals surface area contributed by atoms with Crippen molar-refractivity contribution in [3.63, 3.8) is 0 Å². The van der Waals surface area contributed by atoms with Crippen LogP contribution in [0, 0.1) is 5.92 Å². The third-order valence-corrected chi connectivity index (χ3v) is 3.97. The zero-order valence-corrected chi connectivity index (χ0v) is 11.0. The van der Waals surface area contributed by atoms with Crippen molar-refractivity contribution >= 4 is 10.8 Å². The molecule has 3 N–H and O–H groups in total. The first-order valence-corrected chi connectivity index (χ1v) is 6.71. The topological polar surface area (TPSA) is 55.5 Å². The Morgan fingerprint density at radius 2 is 1.84 bits per heavy atom. The van der Waals surface area contributed by atoms with E-state index < -0.39 is 6.10 Å². The van der Waals surface area contributed by atoms with Crippen LogP contribution >= 0.6 is 0 Å². The third-order valence-electron chi connectivity index (χ3n) is 3.97. The monoisotopic (exact) mass is 257 g/mol. The highest BCUT2D eigenvalue weighted by Crippen LogP contribution is 2.39. The number of aliphatic hydroxyl groups is 1. The molecule has 2 aromatic rings. The van der Waals surface area contributed by atoms with Gasteiger partial charge in [-0.2, -0.15) is 0 Å². The molecule has 0 amide bonds. The Morgan fingerprint density at radius 1 is 1.16 bits per heavy atom.